The first-order chi connectivity index (χ1) is 7.61. The number of hydrogen-bond donors (Lipinski definition) is 3. The third-order valence-corrected chi connectivity index (χ3v) is 3.70. The number of hydrazone groups is 1. The summed E-state index contributed by atoms with van der Waals surface area (Å²) in [5.74, 6) is 3.65. The number of carboxylic acids is 1. The normalized spacial score (nSPS) is 26.8. The van der Waals surface area contributed by atoms with Gasteiger partial charge in [-0.05, 0) is 5.57 Å². The largest absolute Gasteiger partial charge is 0.477 e. The summed E-state index contributed by atoms with van der Waals surface area (Å²) in [4.78, 5) is 23.6. The highest BCUT2D eigenvalue weighted by Crippen LogP contribution is 2.38. The van der Waals surface area contributed by atoms with Crippen LogP contribution in [0.5, 0.6) is 0 Å². The highest BCUT2D eigenvalue weighted by Gasteiger charge is 2.51. The van der Waals surface area contributed by atoms with E-state index in [0.717, 1.165) is 4.90 Å². The summed E-state index contributed by atoms with van der Waals surface area (Å²) in [6, 6.07) is 0. The van der Waals surface area contributed by atoms with Gasteiger partial charge in [0.2, 0.25) is 0 Å². The molecule has 2 aliphatic heterocycles. The predicted octanol–water partition coefficient (Wildman–Crippen LogP) is -1.45. The lowest BCUT2D eigenvalue weighted by molar-refractivity contribution is -0.139. The highest BCUT2D eigenvalue weighted by molar-refractivity contribution is 8.01. The predicted molar refractivity (Wildman–Crippen MR) is 56.5 cm³/mol. The molecule has 0 radical (unpaired) electrons. The number of carboxylic acid groups (broad SMARTS) is 1. The molecule has 1 fully saturated rings. The van der Waals surface area contributed by atoms with Crippen molar-refractivity contribution in [3.8, 4) is 0 Å². The van der Waals surface area contributed by atoms with Crippen LogP contribution in [0, 0.1) is 0 Å². The van der Waals surface area contributed by atoms with E-state index in [2.05, 4.69) is 5.10 Å². The van der Waals surface area contributed by atoms with Gasteiger partial charge < -0.3 is 16.1 Å². The van der Waals surface area contributed by atoms with Crippen LogP contribution in [0.4, 0.5) is 0 Å². The van der Waals surface area contributed by atoms with Crippen molar-refractivity contribution in [2.75, 3.05) is 12.4 Å². The molecule has 0 aliphatic carbocycles. The van der Waals surface area contributed by atoms with Crippen LogP contribution in [0.25, 0.3) is 0 Å². The van der Waals surface area contributed by atoms with E-state index in [1.165, 1.54) is 11.8 Å². The molecule has 0 spiro atoms. The molecule has 0 saturated carbocycles. The van der Waals surface area contributed by atoms with Gasteiger partial charge in [0, 0.05) is 5.75 Å². The van der Waals surface area contributed by atoms with Crippen LogP contribution >= 0.6 is 11.8 Å². The molecule has 0 aromatic carbocycles. The van der Waals surface area contributed by atoms with Crippen molar-refractivity contribution >= 4 is 29.4 Å². The van der Waals surface area contributed by atoms with E-state index in [1.807, 2.05) is 0 Å². The van der Waals surface area contributed by atoms with Gasteiger partial charge in [-0.2, -0.15) is 5.10 Å². The monoisotopic (exact) mass is 243 g/mol. The maximum absolute atomic E-state index is 11.5. The lowest BCUT2D eigenvalue weighted by Crippen LogP contribution is -2.62. The molecule has 2 rings (SSSR count). The minimum absolute atomic E-state index is 0.149. The average molecular weight is 243 g/mol. The van der Waals surface area contributed by atoms with Gasteiger partial charge in [0.1, 0.15) is 11.1 Å². The van der Waals surface area contributed by atoms with Crippen molar-refractivity contribution < 1.29 is 19.8 Å². The fraction of sp³-hybridized carbons (Fsp3) is 0.375. The van der Waals surface area contributed by atoms with Crippen molar-refractivity contribution in [3.05, 3.63) is 11.3 Å². The van der Waals surface area contributed by atoms with Crippen molar-refractivity contribution in [2.45, 2.75) is 5.37 Å². The Balaban J connectivity index is 2.41. The standard InChI is InChI=1S/C8H9N3O4S/c9-10-4-6(13)11-5(8(14)15)3(1-12)2-16-7(4)11/h7,12H,1-2,9H2,(H,14,15)/t7-/m1/s1. The third-order valence-electron chi connectivity index (χ3n) is 2.43. The summed E-state index contributed by atoms with van der Waals surface area (Å²) in [6.07, 6.45) is 0. The first-order valence-electron chi connectivity index (χ1n) is 4.41. The quantitative estimate of drug-likeness (QED) is 0.310. The number of carbonyl (C=O) groups is 2. The number of thioether (sulfide) groups is 1. The molecule has 2 aliphatic rings. The van der Waals surface area contributed by atoms with Crippen molar-refractivity contribution in [2.24, 2.45) is 10.9 Å². The third kappa shape index (κ3) is 1.30. The lowest BCUT2D eigenvalue weighted by atomic mass is 10.1. The first-order valence-corrected chi connectivity index (χ1v) is 5.45. The Kier molecular flexibility index (Phi) is 2.60. The lowest BCUT2D eigenvalue weighted by Gasteiger charge is -2.43. The van der Waals surface area contributed by atoms with Crippen molar-refractivity contribution in [3.63, 3.8) is 0 Å². The zero-order valence-electron chi connectivity index (χ0n) is 8.08. The molecule has 4 N–H and O–H groups in total. The number of nitrogens with two attached hydrogens (primary N) is 1. The van der Waals surface area contributed by atoms with Crippen LogP contribution in [-0.2, 0) is 9.59 Å². The van der Waals surface area contributed by atoms with E-state index < -0.39 is 17.3 Å². The van der Waals surface area contributed by atoms with Crippen molar-refractivity contribution in [1.29, 1.82) is 0 Å². The molecule has 8 heteroatoms. The van der Waals surface area contributed by atoms with Gasteiger partial charge in [-0.3, -0.25) is 9.69 Å². The number of rotatable bonds is 2. The van der Waals surface area contributed by atoms with Gasteiger partial charge in [0.25, 0.3) is 5.91 Å². The smallest absolute Gasteiger partial charge is 0.352 e. The maximum atomic E-state index is 11.5. The van der Waals surface area contributed by atoms with Crippen LogP contribution in [0.15, 0.2) is 16.4 Å². The number of aliphatic hydroxyl groups is 1. The Hall–Kier alpha value is -1.54. The zero-order chi connectivity index (χ0) is 11.9. The molecule has 7 nitrogen and oxygen atoms in total. The molecule has 0 aromatic rings. The minimum Gasteiger partial charge on any atom is -0.477 e. The maximum Gasteiger partial charge on any atom is 0.352 e. The van der Waals surface area contributed by atoms with E-state index in [1.54, 1.807) is 0 Å². The molecule has 86 valence electrons. The molecule has 0 bridgehead atoms. The van der Waals surface area contributed by atoms with Crippen LogP contribution in [0.2, 0.25) is 0 Å². The Morgan fingerprint density at radius 1 is 1.69 bits per heavy atom. The number of carbonyl (C=O) groups excluding carboxylic acids is 1. The van der Waals surface area contributed by atoms with Crippen LogP contribution in [0.1, 0.15) is 0 Å². The Morgan fingerprint density at radius 3 is 2.88 bits per heavy atom. The van der Waals surface area contributed by atoms with E-state index in [4.69, 9.17) is 16.1 Å². The molecule has 1 atom stereocenters. The molecule has 0 aromatic heterocycles. The van der Waals surface area contributed by atoms with Crippen LogP contribution in [-0.4, -0.2) is 50.4 Å². The van der Waals surface area contributed by atoms with Gasteiger partial charge in [-0.25, -0.2) is 4.79 Å². The van der Waals surface area contributed by atoms with Gasteiger partial charge >= 0.3 is 5.97 Å². The Labute approximate surface area is 94.6 Å². The number of β-lactam (4-membered cyclic amide) rings is 1. The second kappa shape index (κ2) is 3.80. The summed E-state index contributed by atoms with van der Waals surface area (Å²) < 4.78 is 0. The summed E-state index contributed by atoms with van der Waals surface area (Å²) in [5.41, 5.74) is 0.350. The van der Waals surface area contributed by atoms with E-state index in [0.29, 0.717) is 11.3 Å². The summed E-state index contributed by atoms with van der Waals surface area (Å²) >= 11 is 1.32. The SMILES string of the molecule is NN=C1C(=O)N2C(C(=O)O)=C(CO)CS[C@H]12. The summed E-state index contributed by atoms with van der Waals surface area (Å²) in [6.45, 7) is -0.375. The van der Waals surface area contributed by atoms with Crippen LogP contribution in [0.3, 0.4) is 0 Å². The number of hydrogen-bond acceptors (Lipinski definition) is 6. The van der Waals surface area contributed by atoms with Gasteiger partial charge in [0.05, 0.1) is 6.61 Å². The molecule has 16 heavy (non-hydrogen) atoms. The number of fused-ring (bicyclic) bond motifs is 1. The molecular formula is C8H9N3O4S. The summed E-state index contributed by atoms with van der Waals surface area (Å²) in [5, 5.41) is 20.9. The van der Waals surface area contributed by atoms with Crippen LogP contribution < -0.4 is 5.84 Å². The number of amides is 1. The molecule has 2 heterocycles. The average Bonchev–Trinajstić information content (AvgIpc) is 2.27. The number of nitrogens with zero attached hydrogens (tertiary/aromatic N) is 2. The molecular weight excluding hydrogens is 234 g/mol. The van der Waals surface area contributed by atoms with Gasteiger partial charge in [-0.15, -0.1) is 11.8 Å². The second-order valence-corrected chi connectivity index (χ2v) is 4.34. The number of aliphatic hydroxyl groups excluding tert-OH is 1. The Morgan fingerprint density at radius 2 is 2.38 bits per heavy atom. The highest BCUT2D eigenvalue weighted by atomic mass is 32.2. The van der Waals surface area contributed by atoms with Gasteiger partial charge in [-0.1, -0.05) is 0 Å². The molecule has 0 unspecified atom stereocenters. The number of aliphatic carboxylic acids is 1. The minimum atomic E-state index is -1.22. The fourth-order valence-corrected chi connectivity index (χ4v) is 2.93. The Bertz CT molecular complexity index is 431. The zero-order valence-corrected chi connectivity index (χ0v) is 8.90. The molecule has 1 saturated heterocycles. The van der Waals surface area contributed by atoms with E-state index in [9.17, 15) is 9.59 Å². The summed E-state index contributed by atoms with van der Waals surface area (Å²) in [7, 11) is 0. The van der Waals surface area contributed by atoms with Gasteiger partial charge in [0.15, 0.2) is 5.71 Å². The molecule has 1 amide bonds. The fourth-order valence-electron chi connectivity index (χ4n) is 1.68. The second-order valence-electron chi connectivity index (χ2n) is 3.27. The topological polar surface area (TPSA) is 116 Å². The van der Waals surface area contributed by atoms with Crippen molar-refractivity contribution in [1.82, 2.24) is 4.90 Å². The first kappa shape index (κ1) is 11.0. The van der Waals surface area contributed by atoms with E-state index >= 15 is 0 Å². The van der Waals surface area contributed by atoms with E-state index in [-0.39, 0.29) is 18.0 Å².